The Kier molecular flexibility index (Phi) is 5.46. The molecular formula is C18H24FN3OS. The lowest BCUT2D eigenvalue weighted by Crippen LogP contribution is -2.37. The van der Waals surface area contributed by atoms with Gasteiger partial charge in [0.1, 0.15) is 5.82 Å². The zero-order valence-electron chi connectivity index (χ0n) is 14.3. The fourth-order valence-corrected chi connectivity index (χ4v) is 4.26. The molecule has 6 heteroatoms. The standard InChI is InChI=1S/C18H24FN3OS/c1-21(2)10-5-11-22(17(23)13-6-3-4-7-13)18-20-15-9-8-14(19)12-16(15)24-18/h8-9,12-13H,3-7,10-11H2,1-2H3. The van der Waals surface area contributed by atoms with E-state index >= 15 is 0 Å². The number of carbonyl (C=O) groups is 1. The second kappa shape index (κ2) is 7.57. The second-order valence-corrected chi connectivity index (χ2v) is 7.75. The van der Waals surface area contributed by atoms with Crippen LogP contribution in [0.25, 0.3) is 10.2 Å². The Morgan fingerprint density at radius 3 is 2.75 bits per heavy atom. The summed E-state index contributed by atoms with van der Waals surface area (Å²) in [6.45, 7) is 1.59. The van der Waals surface area contributed by atoms with E-state index in [1.807, 2.05) is 19.0 Å². The molecule has 24 heavy (non-hydrogen) atoms. The van der Waals surface area contributed by atoms with Crippen molar-refractivity contribution >= 4 is 32.6 Å². The number of carbonyl (C=O) groups excluding carboxylic acids is 1. The molecule has 2 aromatic rings. The predicted octanol–water partition coefficient (Wildman–Crippen LogP) is 3.91. The van der Waals surface area contributed by atoms with Gasteiger partial charge in [0.2, 0.25) is 5.91 Å². The summed E-state index contributed by atoms with van der Waals surface area (Å²) in [6, 6.07) is 4.60. The summed E-state index contributed by atoms with van der Waals surface area (Å²) in [7, 11) is 4.06. The van der Waals surface area contributed by atoms with Crippen LogP contribution in [0.15, 0.2) is 18.2 Å². The number of aromatic nitrogens is 1. The zero-order chi connectivity index (χ0) is 17.1. The normalized spacial score (nSPS) is 15.5. The summed E-state index contributed by atoms with van der Waals surface area (Å²) in [4.78, 5) is 21.5. The van der Waals surface area contributed by atoms with Crippen LogP contribution < -0.4 is 4.90 Å². The Morgan fingerprint density at radius 2 is 2.04 bits per heavy atom. The average Bonchev–Trinajstić information content (AvgIpc) is 3.19. The summed E-state index contributed by atoms with van der Waals surface area (Å²) in [5.41, 5.74) is 0.758. The Morgan fingerprint density at radius 1 is 1.29 bits per heavy atom. The first-order valence-electron chi connectivity index (χ1n) is 8.57. The van der Waals surface area contributed by atoms with Crippen molar-refractivity contribution in [1.29, 1.82) is 0 Å². The number of benzene rings is 1. The molecule has 0 spiro atoms. The quantitative estimate of drug-likeness (QED) is 0.793. The number of rotatable bonds is 6. The molecule has 1 aromatic carbocycles. The van der Waals surface area contributed by atoms with Crippen molar-refractivity contribution in [3.63, 3.8) is 0 Å². The van der Waals surface area contributed by atoms with Crippen molar-refractivity contribution in [2.45, 2.75) is 32.1 Å². The highest BCUT2D eigenvalue weighted by Crippen LogP contribution is 2.33. The van der Waals surface area contributed by atoms with E-state index in [4.69, 9.17) is 0 Å². The monoisotopic (exact) mass is 349 g/mol. The highest BCUT2D eigenvalue weighted by atomic mass is 32.1. The Labute approximate surface area is 146 Å². The first kappa shape index (κ1) is 17.3. The summed E-state index contributed by atoms with van der Waals surface area (Å²) < 4.78 is 14.2. The molecule has 1 amide bonds. The van der Waals surface area contributed by atoms with E-state index in [1.54, 1.807) is 6.07 Å². The van der Waals surface area contributed by atoms with Gasteiger partial charge in [0.05, 0.1) is 10.2 Å². The number of fused-ring (bicyclic) bond motifs is 1. The lowest BCUT2D eigenvalue weighted by molar-refractivity contribution is -0.122. The molecule has 1 aliphatic rings. The van der Waals surface area contributed by atoms with Crippen molar-refractivity contribution in [1.82, 2.24) is 9.88 Å². The van der Waals surface area contributed by atoms with E-state index in [-0.39, 0.29) is 17.6 Å². The molecule has 3 rings (SSSR count). The summed E-state index contributed by atoms with van der Waals surface area (Å²) in [5.74, 6) is 0.0397. The maximum atomic E-state index is 13.4. The maximum Gasteiger partial charge on any atom is 0.231 e. The zero-order valence-corrected chi connectivity index (χ0v) is 15.1. The molecule has 0 bridgehead atoms. The molecule has 1 fully saturated rings. The van der Waals surface area contributed by atoms with Gasteiger partial charge >= 0.3 is 0 Å². The number of nitrogens with zero attached hydrogens (tertiary/aromatic N) is 3. The van der Waals surface area contributed by atoms with Crippen LogP contribution in [0.1, 0.15) is 32.1 Å². The molecule has 130 valence electrons. The first-order chi connectivity index (χ1) is 11.5. The highest BCUT2D eigenvalue weighted by Gasteiger charge is 2.29. The van der Waals surface area contributed by atoms with Gasteiger partial charge in [0, 0.05) is 12.5 Å². The van der Waals surface area contributed by atoms with Crippen LogP contribution in [0.3, 0.4) is 0 Å². The number of amides is 1. The average molecular weight is 349 g/mol. The van der Waals surface area contributed by atoms with Gasteiger partial charge in [-0.15, -0.1) is 0 Å². The van der Waals surface area contributed by atoms with Gasteiger partial charge in [-0.2, -0.15) is 0 Å². The van der Waals surface area contributed by atoms with Crippen LogP contribution in [0.5, 0.6) is 0 Å². The molecule has 4 nitrogen and oxygen atoms in total. The minimum Gasteiger partial charge on any atom is -0.309 e. The van der Waals surface area contributed by atoms with E-state index in [0.717, 1.165) is 48.9 Å². The number of hydrogen-bond acceptors (Lipinski definition) is 4. The van der Waals surface area contributed by atoms with Gasteiger partial charge in [0.25, 0.3) is 0 Å². The Balaban J connectivity index is 1.84. The van der Waals surface area contributed by atoms with Crippen molar-refractivity contribution in [2.24, 2.45) is 5.92 Å². The molecule has 1 aliphatic carbocycles. The van der Waals surface area contributed by atoms with Gasteiger partial charge < -0.3 is 4.90 Å². The third-order valence-corrected chi connectivity index (χ3v) is 5.57. The number of halogens is 1. The van der Waals surface area contributed by atoms with Gasteiger partial charge in [-0.3, -0.25) is 9.69 Å². The summed E-state index contributed by atoms with van der Waals surface area (Å²) in [5, 5.41) is 0.700. The van der Waals surface area contributed by atoms with Crippen molar-refractivity contribution in [3.8, 4) is 0 Å². The second-order valence-electron chi connectivity index (χ2n) is 6.74. The van der Waals surface area contributed by atoms with Crippen LogP contribution in [0, 0.1) is 11.7 Å². The van der Waals surface area contributed by atoms with Gasteiger partial charge in [-0.25, -0.2) is 9.37 Å². The van der Waals surface area contributed by atoms with Crippen molar-refractivity contribution in [2.75, 3.05) is 32.1 Å². The van der Waals surface area contributed by atoms with Crippen molar-refractivity contribution < 1.29 is 9.18 Å². The first-order valence-corrected chi connectivity index (χ1v) is 9.38. The van der Waals surface area contributed by atoms with Gasteiger partial charge in [-0.05, 0) is 58.1 Å². The third kappa shape index (κ3) is 3.92. The topological polar surface area (TPSA) is 36.4 Å². The molecule has 0 saturated heterocycles. The van der Waals surface area contributed by atoms with E-state index < -0.39 is 0 Å². The largest absolute Gasteiger partial charge is 0.309 e. The van der Waals surface area contributed by atoms with Crippen LogP contribution >= 0.6 is 11.3 Å². The Hall–Kier alpha value is -1.53. The van der Waals surface area contributed by atoms with Crippen LogP contribution in [-0.2, 0) is 4.79 Å². The third-order valence-electron chi connectivity index (χ3n) is 4.53. The SMILES string of the molecule is CN(C)CCCN(C(=O)C1CCCC1)c1nc2ccc(F)cc2s1. The number of hydrogen-bond donors (Lipinski definition) is 0. The lowest BCUT2D eigenvalue weighted by Gasteiger charge is -2.23. The van der Waals surface area contributed by atoms with Crippen LogP contribution in [0.2, 0.25) is 0 Å². The smallest absolute Gasteiger partial charge is 0.231 e. The molecule has 0 N–H and O–H groups in total. The van der Waals surface area contributed by atoms with E-state index in [1.165, 1.54) is 23.5 Å². The van der Waals surface area contributed by atoms with E-state index in [0.29, 0.717) is 11.7 Å². The molecular weight excluding hydrogens is 325 g/mol. The Bertz CT molecular complexity index is 709. The van der Waals surface area contributed by atoms with Crippen LogP contribution in [-0.4, -0.2) is 43.0 Å². The molecule has 0 atom stereocenters. The molecule has 0 radical (unpaired) electrons. The maximum absolute atomic E-state index is 13.4. The van der Waals surface area contributed by atoms with Gasteiger partial charge in [-0.1, -0.05) is 24.2 Å². The molecule has 1 aromatic heterocycles. The number of thiazole rings is 1. The minimum absolute atomic E-state index is 0.119. The summed E-state index contributed by atoms with van der Waals surface area (Å²) in [6.07, 6.45) is 5.11. The summed E-state index contributed by atoms with van der Waals surface area (Å²) >= 11 is 1.41. The van der Waals surface area contributed by atoms with Crippen molar-refractivity contribution in [3.05, 3.63) is 24.0 Å². The highest BCUT2D eigenvalue weighted by molar-refractivity contribution is 7.22. The van der Waals surface area contributed by atoms with E-state index in [9.17, 15) is 9.18 Å². The number of anilines is 1. The fraction of sp³-hybridized carbons (Fsp3) is 0.556. The molecule has 1 saturated carbocycles. The van der Waals surface area contributed by atoms with Crippen LogP contribution in [0.4, 0.5) is 9.52 Å². The fourth-order valence-electron chi connectivity index (χ4n) is 3.24. The van der Waals surface area contributed by atoms with E-state index in [2.05, 4.69) is 9.88 Å². The molecule has 0 unspecified atom stereocenters. The lowest BCUT2D eigenvalue weighted by atomic mass is 10.1. The predicted molar refractivity (Wildman–Crippen MR) is 97.1 cm³/mol. The van der Waals surface area contributed by atoms with Gasteiger partial charge in [0.15, 0.2) is 5.13 Å². The molecule has 1 heterocycles. The minimum atomic E-state index is -0.265. The molecule has 0 aliphatic heterocycles.